The second kappa shape index (κ2) is 9.94. The summed E-state index contributed by atoms with van der Waals surface area (Å²) >= 11 is 0. The number of primary amides is 1. The normalized spacial score (nSPS) is 21.8. The lowest BCUT2D eigenvalue weighted by molar-refractivity contribution is -0.122. The molecule has 1 aliphatic heterocycles. The zero-order chi connectivity index (χ0) is 20.7. The highest BCUT2D eigenvalue weighted by Crippen LogP contribution is 2.40. The lowest BCUT2D eigenvalue weighted by Gasteiger charge is -2.33. The summed E-state index contributed by atoms with van der Waals surface area (Å²) in [6, 6.07) is 4.04. The Balaban J connectivity index is 1.60. The number of carbonyl (C=O) groups excluding carboxylic acids is 1. The first kappa shape index (κ1) is 21.4. The first-order chi connectivity index (χ1) is 14.1. The van der Waals surface area contributed by atoms with Crippen LogP contribution in [0.15, 0.2) is 23.3 Å². The summed E-state index contributed by atoms with van der Waals surface area (Å²) in [5, 5.41) is 6.98. The molecule has 2 aliphatic rings. The number of hydrogen-bond acceptors (Lipinski definition) is 4. The molecule has 7 nitrogen and oxygen atoms in total. The van der Waals surface area contributed by atoms with E-state index in [9.17, 15) is 4.79 Å². The Morgan fingerprint density at radius 3 is 2.83 bits per heavy atom. The fourth-order valence-corrected chi connectivity index (χ4v) is 4.71. The van der Waals surface area contributed by atoms with E-state index >= 15 is 0 Å². The zero-order valence-corrected chi connectivity index (χ0v) is 17.9. The van der Waals surface area contributed by atoms with Gasteiger partial charge in [-0.05, 0) is 43.6 Å². The molecule has 1 amide bonds. The minimum absolute atomic E-state index is 0.0994. The molecule has 1 aliphatic carbocycles. The van der Waals surface area contributed by atoms with Crippen LogP contribution in [0.5, 0.6) is 0 Å². The van der Waals surface area contributed by atoms with Crippen LogP contribution in [0, 0.1) is 11.3 Å². The van der Waals surface area contributed by atoms with Gasteiger partial charge in [-0.1, -0.05) is 25.8 Å². The third kappa shape index (κ3) is 5.40. The van der Waals surface area contributed by atoms with E-state index in [1.54, 1.807) is 0 Å². The maximum Gasteiger partial charge on any atom is 0.222 e. The van der Waals surface area contributed by atoms with Crippen LogP contribution in [0.2, 0.25) is 0 Å². The molecule has 1 unspecified atom stereocenters. The third-order valence-electron chi connectivity index (χ3n) is 6.71. The van der Waals surface area contributed by atoms with Crippen molar-refractivity contribution in [1.29, 1.82) is 0 Å². The van der Waals surface area contributed by atoms with Crippen LogP contribution in [0.1, 0.15) is 57.4 Å². The number of piperidine rings is 1. The van der Waals surface area contributed by atoms with E-state index in [0.29, 0.717) is 18.5 Å². The number of nitrogens with one attached hydrogen (secondary N) is 2. The fourth-order valence-electron chi connectivity index (χ4n) is 4.71. The molecule has 1 saturated carbocycles. The highest BCUT2D eigenvalue weighted by atomic mass is 16.1. The topological polar surface area (TPSA) is 95.6 Å². The second-order valence-electron chi connectivity index (χ2n) is 8.51. The van der Waals surface area contributed by atoms with Crippen molar-refractivity contribution < 1.29 is 4.79 Å². The van der Waals surface area contributed by atoms with E-state index < -0.39 is 0 Å². The van der Waals surface area contributed by atoms with E-state index in [4.69, 9.17) is 5.73 Å². The van der Waals surface area contributed by atoms with E-state index in [2.05, 4.69) is 38.5 Å². The molecule has 0 spiro atoms. The minimum atomic E-state index is -0.216. The summed E-state index contributed by atoms with van der Waals surface area (Å²) in [6.45, 7) is 5.45. The van der Waals surface area contributed by atoms with Crippen molar-refractivity contribution in [2.24, 2.45) is 22.1 Å². The molecule has 29 heavy (non-hydrogen) atoms. The molecule has 7 heteroatoms. The number of aliphatic imine (C=N–C) groups is 1. The van der Waals surface area contributed by atoms with Crippen molar-refractivity contribution in [2.45, 2.75) is 58.4 Å². The summed E-state index contributed by atoms with van der Waals surface area (Å²) in [5.41, 5.74) is 7.06. The first-order valence-electron chi connectivity index (χ1n) is 11.0. The second-order valence-corrected chi connectivity index (χ2v) is 8.51. The van der Waals surface area contributed by atoms with Gasteiger partial charge in [0.15, 0.2) is 5.96 Å². The Labute approximate surface area is 174 Å². The van der Waals surface area contributed by atoms with Gasteiger partial charge in [-0.25, -0.2) is 4.98 Å². The van der Waals surface area contributed by atoms with Gasteiger partial charge in [0.05, 0.1) is 5.92 Å². The van der Waals surface area contributed by atoms with Crippen LogP contribution in [0.3, 0.4) is 0 Å². The fraction of sp³-hybridized carbons (Fsp3) is 0.682. The molecule has 4 N–H and O–H groups in total. The monoisotopic (exact) mass is 400 g/mol. The number of pyridine rings is 1. The average Bonchev–Trinajstić information content (AvgIpc) is 3.23. The SMILES string of the molecule is CCC1(CNC(=NC)NCc2cccnc2N2CCCC(C(N)=O)C2)CCCC1. The van der Waals surface area contributed by atoms with E-state index in [1.165, 1.54) is 32.1 Å². The predicted octanol–water partition coefficient (Wildman–Crippen LogP) is 2.42. The molecule has 1 saturated heterocycles. The van der Waals surface area contributed by atoms with Crippen LogP contribution in [0.25, 0.3) is 0 Å². The summed E-state index contributed by atoms with van der Waals surface area (Å²) in [5.74, 6) is 1.44. The van der Waals surface area contributed by atoms with Crippen molar-refractivity contribution in [1.82, 2.24) is 15.6 Å². The number of nitrogens with zero attached hydrogens (tertiary/aromatic N) is 3. The maximum atomic E-state index is 11.6. The Morgan fingerprint density at radius 1 is 1.34 bits per heavy atom. The largest absolute Gasteiger partial charge is 0.369 e. The zero-order valence-electron chi connectivity index (χ0n) is 17.9. The number of rotatable bonds is 7. The molecule has 3 rings (SSSR count). The number of nitrogens with two attached hydrogens (primary N) is 1. The molecule has 0 aromatic carbocycles. The van der Waals surface area contributed by atoms with Crippen LogP contribution in [-0.4, -0.2) is 43.5 Å². The quantitative estimate of drug-likeness (QED) is 0.483. The van der Waals surface area contributed by atoms with Gasteiger partial charge < -0.3 is 21.3 Å². The third-order valence-corrected chi connectivity index (χ3v) is 6.71. The lowest BCUT2D eigenvalue weighted by Crippen LogP contribution is -2.43. The van der Waals surface area contributed by atoms with Crippen molar-refractivity contribution in [2.75, 3.05) is 31.6 Å². The van der Waals surface area contributed by atoms with Crippen molar-refractivity contribution >= 4 is 17.7 Å². The van der Waals surface area contributed by atoms with Gasteiger partial charge in [0, 0.05) is 45.0 Å². The molecule has 1 aromatic rings. The number of aromatic nitrogens is 1. The molecule has 160 valence electrons. The molecular weight excluding hydrogens is 364 g/mol. The first-order valence-corrected chi connectivity index (χ1v) is 11.0. The van der Waals surface area contributed by atoms with Crippen molar-refractivity contribution in [3.63, 3.8) is 0 Å². The van der Waals surface area contributed by atoms with Gasteiger partial charge in [0.25, 0.3) is 0 Å². The van der Waals surface area contributed by atoms with Gasteiger partial charge in [-0.15, -0.1) is 0 Å². The van der Waals surface area contributed by atoms with Crippen LogP contribution in [0.4, 0.5) is 5.82 Å². The van der Waals surface area contributed by atoms with E-state index in [-0.39, 0.29) is 11.8 Å². The van der Waals surface area contributed by atoms with E-state index in [1.807, 2.05) is 19.3 Å². The molecule has 1 atom stereocenters. The van der Waals surface area contributed by atoms with Crippen LogP contribution >= 0.6 is 0 Å². The molecule has 2 fully saturated rings. The molecule has 0 bridgehead atoms. The number of anilines is 1. The summed E-state index contributed by atoms with van der Waals surface area (Å²) < 4.78 is 0. The number of guanidine groups is 1. The van der Waals surface area contributed by atoms with Crippen LogP contribution in [-0.2, 0) is 11.3 Å². The molecular formula is C22H36N6O. The van der Waals surface area contributed by atoms with E-state index in [0.717, 1.165) is 43.3 Å². The highest BCUT2D eigenvalue weighted by molar-refractivity contribution is 5.80. The maximum absolute atomic E-state index is 11.6. The standard InChI is InChI=1S/C22H36N6O/c1-3-22(10-4-5-11-22)16-27-21(24-2)26-14-17-8-6-12-25-20(17)28-13-7-9-18(15-28)19(23)29/h6,8,12,18H,3-5,7,9-11,13-16H2,1-2H3,(H2,23,29)(H2,24,26,27). The average molecular weight is 401 g/mol. The van der Waals surface area contributed by atoms with Gasteiger partial charge in [-0.3, -0.25) is 9.79 Å². The minimum Gasteiger partial charge on any atom is -0.369 e. The van der Waals surface area contributed by atoms with Crippen molar-refractivity contribution in [3.05, 3.63) is 23.9 Å². The number of hydrogen-bond donors (Lipinski definition) is 3. The van der Waals surface area contributed by atoms with Gasteiger partial charge >= 0.3 is 0 Å². The van der Waals surface area contributed by atoms with Crippen LogP contribution < -0.4 is 21.3 Å². The Hall–Kier alpha value is -2.31. The Bertz CT molecular complexity index is 713. The van der Waals surface area contributed by atoms with Gasteiger partial charge in [-0.2, -0.15) is 0 Å². The molecule has 2 heterocycles. The number of carbonyl (C=O) groups is 1. The lowest BCUT2D eigenvalue weighted by atomic mass is 9.83. The molecule has 1 aromatic heterocycles. The Kier molecular flexibility index (Phi) is 7.34. The highest BCUT2D eigenvalue weighted by Gasteiger charge is 2.32. The Morgan fingerprint density at radius 2 is 2.14 bits per heavy atom. The van der Waals surface area contributed by atoms with Gasteiger partial charge in [0.1, 0.15) is 5.82 Å². The smallest absolute Gasteiger partial charge is 0.222 e. The molecule has 0 radical (unpaired) electrons. The number of amides is 1. The summed E-state index contributed by atoms with van der Waals surface area (Å²) in [4.78, 5) is 22.8. The predicted molar refractivity (Wildman–Crippen MR) is 118 cm³/mol. The summed E-state index contributed by atoms with van der Waals surface area (Å²) in [6.07, 6.45) is 10.1. The van der Waals surface area contributed by atoms with Gasteiger partial charge in [0.2, 0.25) is 5.91 Å². The summed E-state index contributed by atoms with van der Waals surface area (Å²) in [7, 11) is 1.81. The van der Waals surface area contributed by atoms with Crippen molar-refractivity contribution in [3.8, 4) is 0 Å².